The first-order chi connectivity index (χ1) is 6.74. The zero-order chi connectivity index (χ0) is 10.1. The number of benzene rings is 1. The molecule has 14 heavy (non-hydrogen) atoms. The van der Waals surface area contributed by atoms with E-state index < -0.39 is 0 Å². The molecule has 0 spiro atoms. The predicted octanol–water partition coefficient (Wildman–Crippen LogP) is 3.24. The minimum atomic E-state index is 0.977. The molecule has 1 heterocycles. The van der Waals surface area contributed by atoms with E-state index in [-0.39, 0.29) is 0 Å². The van der Waals surface area contributed by atoms with Crippen molar-refractivity contribution in [2.75, 3.05) is 7.05 Å². The van der Waals surface area contributed by atoms with Crippen LogP contribution >= 0.6 is 11.3 Å². The summed E-state index contributed by atoms with van der Waals surface area (Å²) in [7, 11) is 2.00. The number of aryl methyl sites for hydroxylation is 2. The van der Waals surface area contributed by atoms with Crippen LogP contribution < -0.4 is 5.32 Å². The Morgan fingerprint density at radius 3 is 2.71 bits per heavy atom. The molecule has 1 aromatic carbocycles. The molecule has 2 rings (SSSR count). The second-order valence-corrected chi connectivity index (χ2v) is 4.74. The summed E-state index contributed by atoms with van der Waals surface area (Å²) < 4.78 is 1.44. The summed E-state index contributed by atoms with van der Waals surface area (Å²) in [6.07, 6.45) is 0. The quantitative estimate of drug-likeness (QED) is 0.793. The molecule has 0 saturated heterocycles. The van der Waals surface area contributed by atoms with Crippen molar-refractivity contribution in [3.63, 3.8) is 0 Å². The van der Waals surface area contributed by atoms with Gasteiger partial charge in [-0.2, -0.15) is 0 Å². The van der Waals surface area contributed by atoms with E-state index in [9.17, 15) is 0 Å². The van der Waals surface area contributed by atoms with Gasteiger partial charge in [0.1, 0.15) is 0 Å². The number of thiophene rings is 1. The van der Waals surface area contributed by atoms with Gasteiger partial charge in [-0.3, -0.25) is 0 Å². The van der Waals surface area contributed by atoms with Gasteiger partial charge in [0.15, 0.2) is 0 Å². The molecule has 74 valence electrons. The van der Waals surface area contributed by atoms with Crippen LogP contribution in [-0.4, -0.2) is 7.05 Å². The van der Waals surface area contributed by atoms with Crippen molar-refractivity contribution >= 4 is 21.4 Å². The van der Waals surface area contributed by atoms with E-state index in [4.69, 9.17) is 0 Å². The van der Waals surface area contributed by atoms with Crippen LogP contribution in [0.3, 0.4) is 0 Å². The molecule has 0 aliphatic heterocycles. The summed E-state index contributed by atoms with van der Waals surface area (Å²) in [6.45, 7) is 5.37. The maximum atomic E-state index is 3.22. The third kappa shape index (κ3) is 1.45. The molecule has 0 aliphatic rings. The first-order valence-electron chi connectivity index (χ1n) is 4.86. The average molecular weight is 205 g/mol. The Kier molecular flexibility index (Phi) is 2.57. The van der Waals surface area contributed by atoms with Crippen molar-refractivity contribution in [3.05, 3.63) is 34.2 Å². The van der Waals surface area contributed by atoms with Crippen molar-refractivity contribution in [3.8, 4) is 0 Å². The van der Waals surface area contributed by atoms with E-state index in [1.165, 1.54) is 26.1 Å². The fourth-order valence-corrected chi connectivity index (χ4v) is 3.05. The van der Waals surface area contributed by atoms with Crippen molar-refractivity contribution in [1.29, 1.82) is 0 Å². The molecule has 0 atom stereocenters. The lowest BCUT2D eigenvalue weighted by Gasteiger charge is -1.96. The average Bonchev–Trinajstić information content (AvgIpc) is 2.48. The number of hydrogen-bond donors (Lipinski definition) is 1. The molecule has 0 fully saturated rings. The topological polar surface area (TPSA) is 12.0 Å². The number of fused-ring (bicyclic) bond motifs is 1. The molecule has 2 heteroatoms. The van der Waals surface area contributed by atoms with Gasteiger partial charge in [0.25, 0.3) is 0 Å². The molecular formula is C12H15NS. The zero-order valence-electron chi connectivity index (χ0n) is 8.85. The van der Waals surface area contributed by atoms with Gasteiger partial charge in [-0.25, -0.2) is 0 Å². The van der Waals surface area contributed by atoms with Gasteiger partial charge in [-0.1, -0.05) is 18.2 Å². The van der Waals surface area contributed by atoms with Gasteiger partial charge in [0, 0.05) is 16.1 Å². The lowest BCUT2D eigenvalue weighted by molar-refractivity contribution is 0.827. The summed E-state index contributed by atoms with van der Waals surface area (Å²) in [5.41, 5.74) is 2.82. The lowest BCUT2D eigenvalue weighted by Crippen LogP contribution is -2.03. The van der Waals surface area contributed by atoms with E-state index in [2.05, 4.69) is 37.4 Å². The molecule has 0 aliphatic carbocycles. The monoisotopic (exact) mass is 205 g/mol. The van der Waals surface area contributed by atoms with E-state index >= 15 is 0 Å². The van der Waals surface area contributed by atoms with E-state index in [1.807, 2.05) is 18.4 Å². The number of rotatable bonds is 2. The molecule has 0 radical (unpaired) electrons. The Hall–Kier alpha value is -0.860. The minimum absolute atomic E-state index is 0.977. The number of nitrogens with one attached hydrogen (secondary N) is 1. The smallest absolute Gasteiger partial charge is 0.0378 e. The second-order valence-electron chi connectivity index (χ2n) is 3.63. The maximum Gasteiger partial charge on any atom is 0.0378 e. The SMILES string of the molecule is CNCc1sc2c(C)cccc2c1C. The fraction of sp³-hybridized carbons (Fsp3) is 0.333. The first kappa shape index (κ1) is 9.69. The third-order valence-corrected chi connectivity index (χ3v) is 4.04. The lowest BCUT2D eigenvalue weighted by atomic mass is 10.1. The molecule has 0 unspecified atom stereocenters. The van der Waals surface area contributed by atoms with Crippen molar-refractivity contribution in [2.24, 2.45) is 0 Å². The molecule has 1 N–H and O–H groups in total. The van der Waals surface area contributed by atoms with Gasteiger partial charge in [-0.05, 0) is 37.4 Å². The van der Waals surface area contributed by atoms with Crippen LogP contribution in [-0.2, 0) is 6.54 Å². The van der Waals surface area contributed by atoms with Gasteiger partial charge in [-0.15, -0.1) is 11.3 Å². The Morgan fingerprint density at radius 1 is 1.29 bits per heavy atom. The highest BCUT2D eigenvalue weighted by molar-refractivity contribution is 7.19. The van der Waals surface area contributed by atoms with Crippen LogP contribution in [0.1, 0.15) is 16.0 Å². The maximum absolute atomic E-state index is 3.22. The standard InChI is InChI=1S/C12H15NS/c1-8-5-4-6-10-9(2)11(7-13-3)14-12(8)10/h4-6,13H,7H2,1-3H3. The van der Waals surface area contributed by atoms with Crippen molar-refractivity contribution in [1.82, 2.24) is 5.32 Å². The Morgan fingerprint density at radius 2 is 2.07 bits per heavy atom. The largest absolute Gasteiger partial charge is 0.315 e. The normalized spacial score (nSPS) is 11.1. The Labute approximate surface area is 88.8 Å². The Balaban J connectivity index is 2.67. The van der Waals surface area contributed by atoms with Crippen molar-refractivity contribution in [2.45, 2.75) is 20.4 Å². The molecule has 0 amide bonds. The summed E-state index contributed by atoms with van der Waals surface area (Å²) in [5, 5.41) is 4.63. The van der Waals surface area contributed by atoms with E-state index in [1.54, 1.807) is 0 Å². The highest BCUT2D eigenvalue weighted by atomic mass is 32.1. The van der Waals surface area contributed by atoms with E-state index in [0.717, 1.165) is 6.54 Å². The first-order valence-corrected chi connectivity index (χ1v) is 5.68. The molecule has 2 aromatic rings. The predicted molar refractivity (Wildman–Crippen MR) is 64.1 cm³/mol. The van der Waals surface area contributed by atoms with Gasteiger partial charge >= 0.3 is 0 Å². The van der Waals surface area contributed by atoms with Crippen LogP contribution in [0.15, 0.2) is 18.2 Å². The van der Waals surface area contributed by atoms with Gasteiger partial charge < -0.3 is 5.32 Å². The van der Waals surface area contributed by atoms with Crippen LogP contribution in [0.2, 0.25) is 0 Å². The van der Waals surface area contributed by atoms with Gasteiger partial charge in [0.05, 0.1) is 0 Å². The highest BCUT2D eigenvalue weighted by Crippen LogP contribution is 2.32. The zero-order valence-corrected chi connectivity index (χ0v) is 9.66. The minimum Gasteiger partial charge on any atom is -0.315 e. The molecule has 0 saturated carbocycles. The van der Waals surface area contributed by atoms with Gasteiger partial charge in [0.2, 0.25) is 0 Å². The van der Waals surface area contributed by atoms with E-state index in [0.29, 0.717) is 0 Å². The summed E-state index contributed by atoms with van der Waals surface area (Å²) in [6, 6.07) is 6.54. The molecule has 1 aromatic heterocycles. The molecule has 0 bridgehead atoms. The summed E-state index contributed by atoms with van der Waals surface area (Å²) in [5.74, 6) is 0. The third-order valence-electron chi connectivity index (χ3n) is 2.60. The van der Waals surface area contributed by atoms with Crippen molar-refractivity contribution < 1.29 is 0 Å². The fourth-order valence-electron chi connectivity index (χ4n) is 1.76. The van der Waals surface area contributed by atoms with Crippen LogP contribution in [0.25, 0.3) is 10.1 Å². The Bertz CT molecular complexity index is 457. The van der Waals surface area contributed by atoms with Crippen LogP contribution in [0.5, 0.6) is 0 Å². The summed E-state index contributed by atoms with van der Waals surface area (Å²) in [4.78, 5) is 1.46. The molecule has 1 nitrogen and oxygen atoms in total. The summed E-state index contributed by atoms with van der Waals surface area (Å²) >= 11 is 1.91. The van der Waals surface area contributed by atoms with Crippen LogP contribution in [0, 0.1) is 13.8 Å². The van der Waals surface area contributed by atoms with Crippen LogP contribution in [0.4, 0.5) is 0 Å². The molecular weight excluding hydrogens is 190 g/mol. The number of hydrogen-bond acceptors (Lipinski definition) is 2. The highest BCUT2D eigenvalue weighted by Gasteiger charge is 2.08. The second kappa shape index (κ2) is 3.71.